The van der Waals surface area contributed by atoms with Gasteiger partial charge >= 0.3 is 0 Å². The number of carbonyl (C=O) groups is 2. The summed E-state index contributed by atoms with van der Waals surface area (Å²) in [5, 5.41) is 7.60. The highest BCUT2D eigenvalue weighted by Gasteiger charge is 2.18. The molecule has 0 saturated heterocycles. The molecule has 1 atom stereocenters. The normalized spacial score (nSPS) is 12.0. The maximum Gasteiger partial charge on any atom is 0.270 e. The van der Waals surface area contributed by atoms with Crippen molar-refractivity contribution in [2.45, 2.75) is 26.7 Å². The third kappa shape index (κ3) is 4.89. The fourth-order valence-electron chi connectivity index (χ4n) is 2.32. The summed E-state index contributed by atoms with van der Waals surface area (Å²) in [6.45, 7) is 6.24. The van der Waals surface area contributed by atoms with E-state index in [2.05, 4.69) is 41.6 Å². The molecule has 122 valence electrons. The van der Waals surface area contributed by atoms with Crippen LogP contribution in [0.25, 0.3) is 0 Å². The van der Waals surface area contributed by atoms with Crippen LogP contribution in [-0.2, 0) is 4.79 Å². The van der Waals surface area contributed by atoms with E-state index in [1.165, 1.54) is 23.8 Å². The van der Waals surface area contributed by atoms with Gasteiger partial charge in [0.2, 0.25) is 5.91 Å². The van der Waals surface area contributed by atoms with Gasteiger partial charge in [-0.25, -0.2) is 4.98 Å². The van der Waals surface area contributed by atoms with Crippen molar-refractivity contribution in [1.29, 1.82) is 0 Å². The minimum absolute atomic E-state index is 0.199. The van der Waals surface area contributed by atoms with Crippen molar-refractivity contribution < 1.29 is 9.59 Å². The van der Waals surface area contributed by atoms with E-state index in [0.29, 0.717) is 23.3 Å². The Morgan fingerprint density at radius 3 is 2.52 bits per heavy atom. The van der Waals surface area contributed by atoms with Gasteiger partial charge in [0.1, 0.15) is 5.69 Å². The molecule has 6 heteroatoms. The molecule has 2 rings (SSSR count). The number of carbonyl (C=O) groups excluding carboxylic acids is 2. The lowest BCUT2D eigenvalue weighted by atomic mass is 9.88. The van der Waals surface area contributed by atoms with Crippen LogP contribution in [0.3, 0.4) is 0 Å². The molecule has 1 aromatic carbocycles. The Morgan fingerprint density at radius 2 is 1.91 bits per heavy atom. The summed E-state index contributed by atoms with van der Waals surface area (Å²) < 4.78 is 0. The van der Waals surface area contributed by atoms with Gasteiger partial charge in [0.25, 0.3) is 5.91 Å². The lowest BCUT2D eigenvalue weighted by molar-refractivity contribution is -0.114. The fraction of sp³-hybridized carbons (Fsp3) is 0.353. The standard InChI is InChI=1S/C17H21N3O2S/c1-11(2)14(13-7-5-4-6-8-13)9-18-16(22)15-10-23-17(20-15)19-12(3)21/h4-8,10-11,14H,9H2,1-3H3,(H,18,22)(H,19,20,21). The van der Waals surface area contributed by atoms with Gasteiger partial charge in [-0.3, -0.25) is 9.59 Å². The van der Waals surface area contributed by atoms with Crippen molar-refractivity contribution in [3.05, 3.63) is 47.0 Å². The number of aromatic nitrogens is 1. The molecule has 2 N–H and O–H groups in total. The molecule has 23 heavy (non-hydrogen) atoms. The van der Waals surface area contributed by atoms with Gasteiger partial charge in [-0.1, -0.05) is 44.2 Å². The molecule has 0 saturated carbocycles. The molecule has 1 unspecified atom stereocenters. The first-order valence-corrected chi connectivity index (χ1v) is 8.41. The molecule has 0 aliphatic heterocycles. The highest BCUT2D eigenvalue weighted by Crippen LogP contribution is 2.23. The summed E-state index contributed by atoms with van der Waals surface area (Å²) in [5.41, 5.74) is 1.54. The van der Waals surface area contributed by atoms with E-state index in [4.69, 9.17) is 0 Å². The van der Waals surface area contributed by atoms with Crippen LogP contribution in [0.5, 0.6) is 0 Å². The van der Waals surface area contributed by atoms with Crippen LogP contribution in [0.15, 0.2) is 35.7 Å². The third-order valence-electron chi connectivity index (χ3n) is 3.53. The average molecular weight is 331 g/mol. The summed E-state index contributed by atoms with van der Waals surface area (Å²) in [4.78, 5) is 27.3. The van der Waals surface area contributed by atoms with Crippen LogP contribution in [0.2, 0.25) is 0 Å². The van der Waals surface area contributed by atoms with Crippen molar-refractivity contribution in [3.63, 3.8) is 0 Å². The van der Waals surface area contributed by atoms with E-state index in [1.807, 2.05) is 18.2 Å². The van der Waals surface area contributed by atoms with Gasteiger partial charge in [-0.15, -0.1) is 11.3 Å². The zero-order valence-electron chi connectivity index (χ0n) is 13.5. The Kier molecular flexibility index (Phi) is 5.87. The molecule has 2 aromatic rings. The van der Waals surface area contributed by atoms with Crippen molar-refractivity contribution >= 4 is 28.3 Å². The van der Waals surface area contributed by atoms with E-state index >= 15 is 0 Å². The van der Waals surface area contributed by atoms with E-state index < -0.39 is 0 Å². The molecule has 0 aliphatic rings. The summed E-state index contributed by atoms with van der Waals surface area (Å²) in [6, 6.07) is 10.2. The van der Waals surface area contributed by atoms with Crippen LogP contribution >= 0.6 is 11.3 Å². The topological polar surface area (TPSA) is 71.1 Å². The molecular weight excluding hydrogens is 310 g/mol. The highest BCUT2D eigenvalue weighted by molar-refractivity contribution is 7.14. The summed E-state index contributed by atoms with van der Waals surface area (Å²) in [6.07, 6.45) is 0. The molecule has 0 aliphatic carbocycles. The smallest absolute Gasteiger partial charge is 0.270 e. The number of nitrogens with zero attached hydrogens (tertiary/aromatic N) is 1. The number of nitrogens with one attached hydrogen (secondary N) is 2. The molecule has 5 nitrogen and oxygen atoms in total. The summed E-state index contributed by atoms with van der Waals surface area (Å²) >= 11 is 1.24. The van der Waals surface area contributed by atoms with Gasteiger partial charge in [-0.05, 0) is 11.5 Å². The minimum Gasteiger partial charge on any atom is -0.350 e. The second-order valence-electron chi connectivity index (χ2n) is 5.69. The van der Waals surface area contributed by atoms with Crippen LogP contribution in [-0.4, -0.2) is 23.3 Å². The first-order chi connectivity index (χ1) is 11.0. The monoisotopic (exact) mass is 331 g/mol. The molecular formula is C17H21N3O2S. The van der Waals surface area contributed by atoms with Gasteiger partial charge in [-0.2, -0.15) is 0 Å². The number of hydrogen-bond donors (Lipinski definition) is 2. The summed E-state index contributed by atoms with van der Waals surface area (Å²) in [5.74, 6) is 0.228. The van der Waals surface area contributed by atoms with E-state index in [0.717, 1.165) is 0 Å². The van der Waals surface area contributed by atoms with Crippen LogP contribution < -0.4 is 10.6 Å². The minimum atomic E-state index is -0.223. The Labute approximate surface area is 140 Å². The number of benzene rings is 1. The number of hydrogen-bond acceptors (Lipinski definition) is 4. The Hall–Kier alpha value is -2.21. The van der Waals surface area contributed by atoms with Crippen LogP contribution in [0, 0.1) is 5.92 Å². The molecule has 0 fully saturated rings. The molecule has 0 bridgehead atoms. The maximum atomic E-state index is 12.2. The second-order valence-corrected chi connectivity index (χ2v) is 6.55. The second kappa shape index (κ2) is 7.87. The fourth-order valence-corrected chi connectivity index (χ4v) is 3.05. The van der Waals surface area contributed by atoms with E-state index in [9.17, 15) is 9.59 Å². The molecule has 0 radical (unpaired) electrons. The number of amides is 2. The lowest BCUT2D eigenvalue weighted by Gasteiger charge is -2.21. The van der Waals surface area contributed by atoms with Crippen molar-refractivity contribution in [3.8, 4) is 0 Å². The van der Waals surface area contributed by atoms with Crippen molar-refractivity contribution in [2.75, 3.05) is 11.9 Å². The van der Waals surface area contributed by atoms with Gasteiger partial charge < -0.3 is 10.6 Å². The largest absolute Gasteiger partial charge is 0.350 e. The Balaban J connectivity index is 1.99. The van der Waals surface area contributed by atoms with Crippen LogP contribution in [0.4, 0.5) is 5.13 Å². The van der Waals surface area contributed by atoms with Crippen molar-refractivity contribution in [1.82, 2.24) is 10.3 Å². The zero-order chi connectivity index (χ0) is 16.8. The Morgan fingerprint density at radius 1 is 1.22 bits per heavy atom. The summed E-state index contributed by atoms with van der Waals surface area (Å²) in [7, 11) is 0. The van der Waals surface area contributed by atoms with Gasteiger partial charge in [0.15, 0.2) is 5.13 Å². The third-order valence-corrected chi connectivity index (χ3v) is 4.29. The molecule has 1 heterocycles. The first-order valence-electron chi connectivity index (χ1n) is 7.53. The lowest BCUT2D eigenvalue weighted by Crippen LogP contribution is -2.30. The van der Waals surface area contributed by atoms with E-state index in [1.54, 1.807) is 5.38 Å². The number of rotatable bonds is 6. The van der Waals surface area contributed by atoms with Crippen LogP contribution in [0.1, 0.15) is 42.7 Å². The first kappa shape index (κ1) is 17.1. The van der Waals surface area contributed by atoms with E-state index in [-0.39, 0.29) is 17.7 Å². The Bertz CT molecular complexity index is 667. The van der Waals surface area contributed by atoms with Crippen molar-refractivity contribution in [2.24, 2.45) is 5.92 Å². The molecule has 2 amide bonds. The maximum absolute atomic E-state index is 12.2. The van der Waals surface area contributed by atoms with Gasteiger partial charge in [0, 0.05) is 24.8 Å². The number of thiazole rings is 1. The molecule has 1 aromatic heterocycles. The zero-order valence-corrected chi connectivity index (χ0v) is 14.3. The molecule has 0 spiro atoms. The quantitative estimate of drug-likeness (QED) is 0.853. The van der Waals surface area contributed by atoms with Gasteiger partial charge in [0.05, 0.1) is 0 Å². The predicted molar refractivity (Wildman–Crippen MR) is 92.8 cm³/mol. The average Bonchev–Trinajstić information content (AvgIpc) is 2.95. The number of anilines is 1. The highest BCUT2D eigenvalue weighted by atomic mass is 32.1. The SMILES string of the molecule is CC(=O)Nc1nc(C(=O)NCC(c2ccccc2)C(C)C)cs1. The predicted octanol–water partition coefficient (Wildman–Crippen LogP) is 3.27.